The average Bonchev–Trinajstić information content (AvgIpc) is 1.99. The van der Waals surface area contributed by atoms with E-state index < -0.39 is 12.7 Å². The zero-order valence-corrected chi connectivity index (χ0v) is 8.91. The first-order chi connectivity index (χ1) is 6.31. The highest BCUT2D eigenvalue weighted by molar-refractivity contribution is 4.67. The lowest BCUT2D eigenvalue weighted by Gasteiger charge is -2.16. The highest BCUT2D eigenvalue weighted by Gasteiger charge is 2.27. The van der Waals surface area contributed by atoms with Gasteiger partial charge in [0.25, 0.3) is 0 Å². The predicted octanol–water partition coefficient (Wildman–Crippen LogP) is 1.77. The summed E-state index contributed by atoms with van der Waals surface area (Å²) >= 11 is 0. The molecule has 0 saturated heterocycles. The van der Waals surface area contributed by atoms with Crippen molar-refractivity contribution >= 4 is 0 Å². The average molecular weight is 212 g/mol. The van der Waals surface area contributed by atoms with Crippen molar-refractivity contribution < 1.29 is 13.2 Å². The quantitative estimate of drug-likeness (QED) is 0.701. The van der Waals surface area contributed by atoms with E-state index in [1.807, 2.05) is 0 Å². The van der Waals surface area contributed by atoms with Gasteiger partial charge in [-0.3, -0.25) is 0 Å². The lowest BCUT2D eigenvalue weighted by molar-refractivity contribution is -0.125. The third kappa shape index (κ3) is 9.80. The molecule has 0 aliphatic heterocycles. The van der Waals surface area contributed by atoms with E-state index in [4.69, 9.17) is 0 Å². The van der Waals surface area contributed by atoms with Gasteiger partial charge in [-0.25, -0.2) is 0 Å². The molecule has 0 spiro atoms. The molecule has 1 atom stereocenters. The van der Waals surface area contributed by atoms with Gasteiger partial charge in [-0.1, -0.05) is 13.8 Å². The van der Waals surface area contributed by atoms with Crippen molar-refractivity contribution in [2.24, 2.45) is 5.92 Å². The van der Waals surface area contributed by atoms with E-state index in [1.54, 1.807) is 6.92 Å². The maximum atomic E-state index is 11.8. The first-order valence-corrected chi connectivity index (χ1v) is 4.82. The Hall–Kier alpha value is -0.290. The summed E-state index contributed by atoms with van der Waals surface area (Å²) in [6, 6.07) is -0.157. The molecule has 0 amide bonds. The fourth-order valence-electron chi connectivity index (χ4n) is 0.951. The second-order valence-electron chi connectivity index (χ2n) is 3.95. The summed E-state index contributed by atoms with van der Waals surface area (Å²) in [6.45, 7) is 6.32. The van der Waals surface area contributed by atoms with Crippen molar-refractivity contribution in [2.45, 2.75) is 33.0 Å². The van der Waals surface area contributed by atoms with E-state index in [-0.39, 0.29) is 6.04 Å². The molecule has 2 N–H and O–H groups in total. The molecule has 0 fully saturated rings. The summed E-state index contributed by atoms with van der Waals surface area (Å²) in [5, 5.41) is 5.50. The van der Waals surface area contributed by atoms with Crippen LogP contribution < -0.4 is 10.6 Å². The Kier molecular flexibility index (Phi) is 6.11. The monoisotopic (exact) mass is 212 g/mol. The molecule has 14 heavy (non-hydrogen) atoms. The maximum Gasteiger partial charge on any atom is 0.401 e. The highest BCUT2D eigenvalue weighted by atomic mass is 19.4. The molecule has 0 aromatic rings. The largest absolute Gasteiger partial charge is 0.401 e. The van der Waals surface area contributed by atoms with Crippen LogP contribution in [0.25, 0.3) is 0 Å². The predicted molar refractivity (Wildman–Crippen MR) is 51.2 cm³/mol. The molecule has 0 aliphatic carbocycles. The molecule has 5 heteroatoms. The second-order valence-corrected chi connectivity index (χ2v) is 3.95. The Balaban J connectivity index is 3.42. The zero-order chi connectivity index (χ0) is 11.2. The number of hydrogen-bond donors (Lipinski definition) is 2. The van der Waals surface area contributed by atoms with Crippen molar-refractivity contribution in [3.63, 3.8) is 0 Å². The van der Waals surface area contributed by atoms with Crippen LogP contribution in [0.3, 0.4) is 0 Å². The van der Waals surface area contributed by atoms with Crippen LogP contribution in [0.5, 0.6) is 0 Å². The van der Waals surface area contributed by atoms with Crippen molar-refractivity contribution in [1.29, 1.82) is 0 Å². The standard InChI is InChI=1S/C9H19F3N2/c1-7(2)4-13-5-8(3)14-6-9(10,11)12/h7-8,13-14H,4-6H2,1-3H3. The first-order valence-electron chi connectivity index (χ1n) is 4.82. The van der Waals surface area contributed by atoms with E-state index in [1.165, 1.54) is 0 Å². The summed E-state index contributed by atoms with van der Waals surface area (Å²) in [5.74, 6) is 0.518. The van der Waals surface area contributed by atoms with Gasteiger partial charge in [0.05, 0.1) is 6.54 Å². The Morgan fingerprint density at radius 1 is 1.07 bits per heavy atom. The van der Waals surface area contributed by atoms with Gasteiger partial charge < -0.3 is 10.6 Å². The number of halogens is 3. The van der Waals surface area contributed by atoms with Crippen molar-refractivity contribution in [3.8, 4) is 0 Å². The molecule has 0 radical (unpaired) electrons. The lowest BCUT2D eigenvalue weighted by atomic mass is 10.2. The molecule has 0 rings (SSSR count). The summed E-state index contributed by atoms with van der Waals surface area (Å²) in [5.41, 5.74) is 0. The fourth-order valence-corrected chi connectivity index (χ4v) is 0.951. The molecule has 0 bridgehead atoms. The summed E-state index contributed by atoms with van der Waals surface area (Å²) in [7, 11) is 0. The summed E-state index contributed by atoms with van der Waals surface area (Å²) in [6.07, 6.45) is -4.12. The Labute approximate surface area is 83.3 Å². The fraction of sp³-hybridized carbons (Fsp3) is 1.00. The minimum atomic E-state index is -4.12. The van der Waals surface area contributed by atoms with Gasteiger partial charge in [0.2, 0.25) is 0 Å². The summed E-state index contributed by atoms with van der Waals surface area (Å²) < 4.78 is 35.4. The van der Waals surface area contributed by atoms with Crippen LogP contribution in [0.1, 0.15) is 20.8 Å². The van der Waals surface area contributed by atoms with Crippen LogP contribution in [0.4, 0.5) is 13.2 Å². The molecule has 0 saturated carbocycles. The van der Waals surface area contributed by atoms with E-state index in [0.717, 1.165) is 6.54 Å². The second kappa shape index (κ2) is 6.24. The topological polar surface area (TPSA) is 24.1 Å². The third-order valence-electron chi connectivity index (χ3n) is 1.65. The van der Waals surface area contributed by atoms with E-state index in [0.29, 0.717) is 12.5 Å². The Morgan fingerprint density at radius 3 is 2.07 bits per heavy atom. The maximum absolute atomic E-state index is 11.8. The van der Waals surface area contributed by atoms with Gasteiger partial charge in [-0.05, 0) is 19.4 Å². The van der Waals surface area contributed by atoms with E-state index >= 15 is 0 Å². The van der Waals surface area contributed by atoms with Crippen molar-refractivity contribution in [1.82, 2.24) is 10.6 Å². The molecular weight excluding hydrogens is 193 g/mol. The number of hydrogen-bond acceptors (Lipinski definition) is 2. The van der Waals surface area contributed by atoms with Crippen LogP contribution in [0.15, 0.2) is 0 Å². The smallest absolute Gasteiger partial charge is 0.315 e. The zero-order valence-electron chi connectivity index (χ0n) is 8.91. The highest BCUT2D eigenvalue weighted by Crippen LogP contribution is 2.12. The van der Waals surface area contributed by atoms with Gasteiger partial charge >= 0.3 is 6.18 Å². The van der Waals surface area contributed by atoms with Crippen LogP contribution >= 0.6 is 0 Å². The molecule has 86 valence electrons. The molecular formula is C9H19F3N2. The molecule has 0 aliphatic rings. The van der Waals surface area contributed by atoms with Crippen molar-refractivity contribution in [2.75, 3.05) is 19.6 Å². The number of rotatable bonds is 6. The Bertz CT molecular complexity index is 145. The lowest BCUT2D eigenvalue weighted by Crippen LogP contribution is -2.41. The summed E-state index contributed by atoms with van der Waals surface area (Å²) in [4.78, 5) is 0. The van der Waals surface area contributed by atoms with E-state index in [9.17, 15) is 13.2 Å². The SMILES string of the molecule is CC(C)CNCC(C)NCC(F)(F)F. The van der Waals surface area contributed by atoms with Crippen LogP contribution in [0.2, 0.25) is 0 Å². The molecule has 2 nitrogen and oxygen atoms in total. The minimum absolute atomic E-state index is 0.157. The number of nitrogens with one attached hydrogen (secondary N) is 2. The molecule has 1 unspecified atom stereocenters. The van der Waals surface area contributed by atoms with E-state index in [2.05, 4.69) is 24.5 Å². The molecule has 0 aromatic heterocycles. The molecule has 0 heterocycles. The van der Waals surface area contributed by atoms with Crippen molar-refractivity contribution in [3.05, 3.63) is 0 Å². The van der Waals surface area contributed by atoms with Gasteiger partial charge in [-0.15, -0.1) is 0 Å². The van der Waals surface area contributed by atoms with Gasteiger partial charge in [0.1, 0.15) is 0 Å². The minimum Gasteiger partial charge on any atom is -0.315 e. The van der Waals surface area contributed by atoms with Crippen LogP contribution in [-0.2, 0) is 0 Å². The van der Waals surface area contributed by atoms with Crippen LogP contribution in [0, 0.1) is 5.92 Å². The normalized spacial score (nSPS) is 14.8. The van der Waals surface area contributed by atoms with Gasteiger partial charge in [-0.2, -0.15) is 13.2 Å². The molecule has 0 aromatic carbocycles. The number of alkyl halides is 3. The van der Waals surface area contributed by atoms with Crippen LogP contribution in [-0.4, -0.2) is 31.9 Å². The Morgan fingerprint density at radius 2 is 1.64 bits per heavy atom. The third-order valence-corrected chi connectivity index (χ3v) is 1.65. The van der Waals surface area contributed by atoms with Gasteiger partial charge in [0, 0.05) is 12.6 Å². The van der Waals surface area contributed by atoms with Gasteiger partial charge in [0.15, 0.2) is 0 Å². The first kappa shape index (κ1) is 13.7.